The molecular weight excluding hydrogens is 590 g/mol. The van der Waals surface area contributed by atoms with Gasteiger partial charge in [0.25, 0.3) is 5.91 Å². The van der Waals surface area contributed by atoms with Gasteiger partial charge in [0.2, 0.25) is 5.91 Å². The molecule has 0 aliphatic heterocycles. The normalized spacial score (nSPS) is 12.6. The number of anilines is 1. The van der Waals surface area contributed by atoms with Crippen LogP contribution in [0.25, 0.3) is 0 Å². The Morgan fingerprint density at radius 1 is 0.911 bits per heavy atom. The molecule has 0 aliphatic rings. The van der Waals surface area contributed by atoms with E-state index < -0.39 is 35.6 Å². The molecule has 3 N–H and O–H groups in total. The van der Waals surface area contributed by atoms with Crippen molar-refractivity contribution in [2.75, 3.05) is 11.9 Å². The van der Waals surface area contributed by atoms with Crippen LogP contribution in [0, 0.1) is 20.8 Å². The van der Waals surface area contributed by atoms with Crippen LogP contribution in [0.3, 0.4) is 0 Å². The maximum absolute atomic E-state index is 14.7. The monoisotopic (exact) mass is 635 g/mol. The van der Waals surface area contributed by atoms with Gasteiger partial charge in [-0.2, -0.15) is 0 Å². The molecule has 45 heavy (non-hydrogen) atoms. The van der Waals surface area contributed by atoms with Gasteiger partial charge in [-0.05, 0) is 94.0 Å². The molecule has 8 nitrogen and oxygen atoms in total. The molecule has 0 bridgehead atoms. The minimum Gasteiger partial charge on any atom is -0.508 e. The van der Waals surface area contributed by atoms with Crippen LogP contribution in [0.1, 0.15) is 80.8 Å². The molecule has 2 unspecified atom stereocenters. The molecule has 0 aliphatic carbocycles. The molecule has 242 valence electrons. The number of hydrogen-bond donors (Lipinski definition) is 3. The number of ether oxygens (including phenoxy) is 1. The third kappa shape index (κ3) is 9.98. The molecule has 0 heterocycles. The second-order valence-electron chi connectivity index (χ2n) is 12.4. The topological polar surface area (TPSA) is 108 Å². The summed E-state index contributed by atoms with van der Waals surface area (Å²) in [6, 6.07) is 15.5. The number of nitrogens with zero attached hydrogens (tertiary/aromatic N) is 1. The number of halogens is 1. The molecule has 3 rings (SSSR count). The second-order valence-corrected chi connectivity index (χ2v) is 12.8. The van der Waals surface area contributed by atoms with Crippen LogP contribution < -0.4 is 10.6 Å². The van der Waals surface area contributed by atoms with Gasteiger partial charge in [0, 0.05) is 13.0 Å². The van der Waals surface area contributed by atoms with Crippen LogP contribution in [0.2, 0.25) is 5.02 Å². The highest BCUT2D eigenvalue weighted by Crippen LogP contribution is 2.33. The number of carbonyl (C=O) groups excluding carboxylic acids is 3. The molecule has 2 atom stereocenters. The number of hydrogen-bond acceptors (Lipinski definition) is 5. The lowest BCUT2D eigenvalue weighted by Crippen LogP contribution is -2.53. The number of para-hydroxylation sites is 1. The number of phenols is 1. The highest BCUT2D eigenvalue weighted by atomic mass is 35.5. The molecule has 9 heteroatoms. The van der Waals surface area contributed by atoms with Crippen molar-refractivity contribution in [1.82, 2.24) is 10.2 Å². The largest absolute Gasteiger partial charge is 0.508 e. The highest BCUT2D eigenvalue weighted by molar-refractivity contribution is 6.34. The Kier molecular flexibility index (Phi) is 12.4. The van der Waals surface area contributed by atoms with Crippen LogP contribution >= 0.6 is 11.6 Å². The Morgan fingerprint density at radius 3 is 2.09 bits per heavy atom. The third-order valence-corrected chi connectivity index (χ3v) is 7.81. The zero-order valence-electron chi connectivity index (χ0n) is 27.4. The number of amides is 3. The Bertz CT molecular complexity index is 1440. The molecule has 0 aromatic heterocycles. The number of phenolic OH excluding ortho intramolecular Hbond substituents is 1. The summed E-state index contributed by atoms with van der Waals surface area (Å²) in [4.78, 5) is 43.8. The van der Waals surface area contributed by atoms with E-state index in [2.05, 4.69) is 17.6 Å². The Balaban J connectivity index is 2.15. The Labute approximate surface area is 272 Å². The number of aryl methyl sites for hydroxylation is 3. The molecule has 0 radical (unpaired) electrons. The van der Waals surface area contributed by atoms with Gasteiger partial charge in [-0.3, -0.25) is 9.59 Å². The van der Waals surface area contributed by atoms with Gasteiger partial charge >= 0.3 is 6.09 Å². The Morgan fingerprint density at radius 2 is 1.51 bits per heavy atom. The number of unbranched alkanes of at least 4 members (excludes halogenated alkanes) is 2. The van der Waals surface area contributed by atoms with E-state index in [1.54, 1.807) is 43.9 Å². The fraction of sp³-hybridized carbons (Fsp3) is 0.417. The first-order valence-corrected chi connectivity index (χ1v) is 15.8. The molecule has 0 saturated heterocycles. The predicted octanol–water partition coefficient (Wildman–Crippen LogP) is 7.81. The standard InChI is InChI=1S/C36H46ClN3O5/c1-8-9-10-21-40(34(43)29(38-35(44)45-36(5,6)7)22-26-17-19-27(41)20-18-26)32(30-23(2)13-11-14-24(30)3)33(42)39-31-25(4)15-12-16-28(31)37/h11-20,29,32,41H,8-10,21-22H2,1-7H3,(H,38,44)(H,39,42). The number of carbonyl (C=O) groups is 3. The summed E-state index contributed by atoms with van der Waals surface area (Å²) in [5, 5.41) is 16.0. The number of aromatic hydroxyl groups is 1. The average molecular weight is 636 g/mol. The predicted molar refractivity (Wildman–Crippen MR) is 180 cm³/mol. The zero-order chi connectivity index (χ0) is 33.3. The number of rotatable bonds is 12. The van der Waals surface area contributed by atoms with Crippen LogP contribution in [0.4, 0.5) is 10.5 Å². The second kappa shape index (κ2) is 15.8. The zero-order valence-corrected chi connectivity index (χ0v) is 28.1. The van der Waals surface area contributed by atoms with Gasteiger partial charge in [-0.15, -0.1) is 0 Å². The highest BCUT2D eigenvalue weighted by Gasteiger charge is 2.38. The van der Waals surface area contributed by atoms with Crippen LogP contribution in [0.5, 0.6) is 5.75 Å². The fourth-order valence-corrected chi connectivity index (χ4v) is 5.55. The van der Waals surface area contributed by atoms with Gasteiger partial charge in [0.1, 0.15) is 23.4 Å². The van der Waals surface area contributed by atoms with E-state index >= 15 is 0 Å². The maximum Gasteiger partial charge on any atom is 0.408 e. The average Bonchev–Trinajstić information content (AvgIpc) is 2.95. The van der Waals surface area contributed by atoms with Gasteiger partial charge in [0.05, 0.1) is 10.7 Å². The van der Waals surface area contributed by atoms with E-state index in [0.29, 0.717) is 22.7 Å². The first-order valence-electron chi connectivity index (χ1n) is 15.4. The SMILES string of the molecule is CCCCCN(C(=O)C(Cc1ccc(O)cc1)NC(=O)OC(C)(C)C)C(C(=O)Nc1c(C)cccc1Cl)c1c(C)cccc1C. The molecule has 3 amide bonds. The van der Waals surface area contributed by atoms with Crippen molar-refractivity contribution in [3.05, 3.63) is 93.5 Å². The molecular formula is C36H46ClN3O5. The summed E-state index contributed by atoms with van der Waals surface area (Å²) >= 11 is 6.52. The van der Waals surface area contributed by atoms with E-state index in [0.717, 1.165) is 35.1 Å². The Hall–Kier alpha value is -4.04. The van der Waals surface area contributed by atoms with E-state index in [1.807, 2.05) is 51.1 Å². The van der Waals surface area contributed by atoms with Crippen LogP contribution in [-0.4, -0.2) is 46.1 Å². The summed E-state index contributed by atoms with van der Waals surface area (Å²) in [7, 11) is 0. The van der Waals surface area contributed by atoms with E-state index in [9.17, 15) is 19.5 Å². The smallest absolute Gasteiger partial charge is 0.408 e. The van der Waals surface area contributed by atoms with E-state index in [4.69, 9.17) is 16.3 Å². The lowest BCUT2D eigenvalue weighted by atomic mass is 9.92. The van der Waals surface area contributed by atoms with Gasteiger partial charge < -0.3 is 25.4 Å². The van der Waals surface area contributed by atoms with Crippen molar-refractivity contribution < 1.29 is 24.2 Å². The number of alkyl carbamates (subject to hydrolysis) is 1. The first kappa shape index (κ1) is 35.4. The van der Waals surface area contributed by atoms with Crippen molar-refractivity contribution in [1.29, 1.82) is 0 Å². The molecule has 0 saturated carbocycles. The van der Waals surface area contributed by atoms with Crippen molar-refractivity contribution in [3.8, 4) is 5.75 Å². The van der Waals surface area contributed by atoms with Crippen LogP contribution in [-0.2, 0) is 20.7 Å². The summed E-state index contributed by atoms with van der Waals surface area (Å²) in [6.45, 7) is 13.3. The van der Waals surface area contributed by atoms with Crippen molar-refractivity contribution in [3.63, 3.8) is 0 Å². The maximum atomic E-state index is 14.7. The summed E-state index contributed by atoms with van der Waals surface area (Å²) in [5.41, 5.74) is 3.63. The first-order chi connectivity index (χ1) is 21.2. The minimum absolute atomic E-state index is 0.0875. The molecule has 0 fully saturated rings. The molecule has 0 spiro atoms. The quantitative estimate of drug-likeness (QED) is 0.176. The van der Waals surface area contributed by atoms with E-state index in [1.165, 1.54) is 12.1 Å². The summed E-state index contributed by atoms with van der Waals surface area (Å²) in [5.74, 6) is -0.748. The van der Waals surface area contributed by atoms with Crippen molar-refractivity contribution in [2.24, 2.45) is 0 Å². The van der Waals surface area contributed by atoms with Gasteiger partial charge in [0.15, 0.2) is 0 Å². The molecule has 3 aromatic carbocycles. The van der Waals surface area contributed by atoms with Crippen molar-refractivity contribution in [2.45, 2.75) is 91.8 Å². The van der Waals surface area contributed by atoms with Crippen molar-refractivity contribution >= 4 is 35.2 Å². The fourth-order valence-electron chi connectivity index (χ4n) is 5.29. The van der Waals surface area contributed by atoms with E-state index in [-0.39, 0.29) is 18.7 Å². The minimum atomic E-state index is -1.06. The molecule has 3 aromatic rings. The number of nitrogens with one attached hydrogen (secondary N) is 2. The summed E-state index contributed by atoms with van der Waals surface area (Å²) < 4.78 is 5.53. The lowest BCUT2D eigenvalue weighted by molar-refractivity contribution is -0.141. The number of benzene rings is 3. The van der Waals surface area contributed by atoms with Crippen LogP contribution in [0.15, 0.2) is 60.7 Å². The summed E-state index contributed by atoms with van der Waals surface area (Å²) in [6.07, 6.45) is 1.78. The van der Waals surface area contributed by atoms with Gasteiger partial charge in [-0.1, -0.05) is 73.8 Å². The van der Waals surface area contributed by atoms with Gasteiger partial charge in [-0.25, -0.2) is 4.79 Å². The third-order valence-electron chi connectivity index (χ3n) is 7.50. The lowest BCUT2D eigenvalue weighted by Gasteiger charge is -2.36.